The average molecular weight is 1520 g/mol. The van der Waals surface area contributed by atoms with Crippen molar-refractivity contribution in [1.82, 2.24) is 0 Å². The van der Waals surface area contributed by atoms with Crippen LogP contribution in [0.15, 0.2) is 11.6 Å². The number of rotatable bonds is 18. The van der Waals surface area contributed by atoms with Crippen LogP contribution in [0.2, 0.25) is 0 Å². The second-order valence-electron chi connectivity index (χ2n) is 33.6. The summed E-state index contributed by atoms with van der Waals surface area (Å²) in [6.45, 7) is 12.3. The third-order valence-electron chi connectivity index (χ3n) is 27.0. The first-order valence-corrected chi connectivity index (χ1v) is 37.1. The van der Waals surface area contributed by atoms with Crippen LogP contribution in [-0.4, -0.2) is 357 Å². The molecule has 0 unspecified atom stereocenters. The summed E-state index contributed by atoms with van der Waals surface area (Å²) in [7, 11) is 0. The van der Waals surface area contributed by atoms with Gasteiger partial charge >= 0.3 is 5.97 Å². The normalized spacial score (nSPS) is 55.2. The first kappa shape index (κ1) is 82.4. The molecule has 0 aromatic carbocycles. The Kier molecular flexibility index (Phi) is 24.6. The summed E-state index contributed by atoms with van der Waals surface area (Å²) in [6, 6.07) is 0. The molecule has 20 N–H and O–H groups in total. The van der Waals surface area contributed by atoms with E-state index < -0.39 is 275 Å². The molecule has 7 heterocycles. The molecule has 604 valence electrons. The van der Waals surface area contributed by atoms with Gasteiger partial charge in [-0.25, -0.2) is 0 Å². The first-order chi connectivity index (χ1) is 49.3. The minimum Gasteiger partial charge on any atom is -0.432 e. The summed E-state index contributed by atoms with van der Waals surface area (Å²) < 4.78 is 83.9. The zero-order chi connectivity index (χ0) is 76.4. The lowest BCUT2D eigenvalue weighted by Crippen LogP contribution is -2.67. The van der Waals surface area contributed by atoms with Crippen LogP contribution in [0, 0.1) is 50.2 Å². The van der Waals surface area contributed by atoms with Crippen molar-refractivity contribution in [2.75, 3.05) is 39.6 Å². The molecule has 0 amide bonds. The highest BCUT2D eigenvalue weighted by molar-refractivity contribution is 5.79. The molecule has 0 aromatic rings. The molecule has 0 bridgehead atoms. The molecule has 12 aliphatic rings. The number of carbonyl (C=O) groups is 1. The van der Waals surface area contributed by atoms with Gasteiger partial charge in [0, 0.05) is 5.41 Å². The monoisotopic (exact) mass is 1510 g/mol. The van der Waals surface area contributed by atoms with Gasteiger partial charge in [-0.3, -0.25) is 4.79 Å². The minimum atomic E-state index is -1.95. The van der Waals surface area contributed by atoms with Gasteiger partial charge < -0.3 is 168 Å². The Labute approximate surface area is 607 Å². The van der Waals surface area contributed by atoms with E-state index in [0.29, 0.717) is 64.2 Å². The summed E-state index contributed by atoms with van der Waals surface area (Å²) in [6.07, 6.45) is -48.5. The van der Waals surface area contributed by atoms with E-state index in [9.17, 15) is 102 Å². The van der Waals surface area contributed by atoms with Gasteiger partial charge in [-0.05, 0) is 117 Å². The van der Waals surface area contributed by atoms with Gasteiger partial charge in [0.15, 0.2) is 37.7 Å². The molecule has 35 heteroatoms. The number of hydrogen-bond donors (Lipinski definition) is 20. The van der Waals surface area contributed by atoms with Crippen molar-refractivity contribution in [3.05, 3.63) is 11.6 Å². The predicted molar refractivity (Wildman–Crippen MR) is 347 cm³/mol. The largest absolute Gasteiger partial charge is 0.432 e. The highest BCUT2D eigenvalue weighted by atomic mass is 16.8. The van der Waals surface area contributed by atoms with E-state index >= 15 is 4.79 Å². The van der Waals surface area contributed by atoms with Crippen LogP contribution >= 0.6 is 0 Å². The van der Waals surface area contributed by atoms with Crippen molar-refractivity contribution >= 4 is 5.97 Å². The van der Waals surface area contributed by atoms with Gasteiger partial charge in [0.05, 0.1) is 63.4 Å². The molecule has 0 radical (unpaired) electrons. The number of fused-ring (bicyclic) bond motifs is 7. The zero-order valence-corrected chi connectivity index (χ0v) is 60.3. The molecule has 35 nitrogen and oxygen atoms in total. The van der Waals surface area contributed by atoms with E-state index in [1.54, 1.807) is 0 Å². The van der Waals surface area contributed by atoms with Crippen LogP contribution < -0.4 is 0 Å². The summed E-state index contributed by atoms with van der Waals surface area (Å²) in [5.41, 5.74) is -2.68. The number of aliphatic hydroxyl groups is 20. The smallest absolute Gasteiger partial charge is 0.315 e. The van der Waals surface area contributed by atoms with Crippen LogP contribution in [0.5, 0.6) is 0 Å². The molecule has 0 spiro atoms. The maximum Gasteiger partial charge on any atom is 0.315 e. The number of hydrogen-bond acceptors (Lipinski definition) is 35. The lowest BCUT2D eigenvalue weighted by atomic mass is 9.33. The van der Waals surface area contributed by atoms with Crippen molar-refractivity contribution in [1.29, 1.82) is 0 Å². The third-order valence-corrected chi connectivity index (χ3v) is 27.0. The molecule has 11 fully saturated rings. The maximum absolute atomic E-state index is 15.4. The fourth-order valence-corrected chi connectivity index (χ4v) is 20.2. The average Bonchev–Trinajstić information content (AvgIpc) is 0.674. The first-order valence-electron chi connectivity index (χ1n) is 37.1. The van der Waals surface area contributed by atoms with E-state index in [-0.39, 0.29) is 29.8 Å². The molecule has 12 rings (SSSR count). The minimum absolute atomic E-state index is 0.000826. The molecule has 42 atom stereocenters. The number of aliphatic hydroxyl groups excluding tert-OH is 20. The quantitative estimate of drug-likeness (QED) is 0.0345. The van der Waals surface area contributed by atoms with Gasteiger partial charge in [0.2, 0.25) is 6.29 Å². The summed E-state index contributed by atoms with van der Waals surface area (Å²) in [5, 5.41) is 219. The van der Waals surface area contributed by atoms with Crippen molar-refractivity contribution in [2.45, 2.75) is 328 Å². The topological polar surface area (TPSA) is 551 Å². The summed E-state index contributed by atoms with van der Waals surface area (Å²) in [4.78, 5) is 15.4. The molecule has 4 saturated carbocycles. The van der Waals surface area contributed by atoms with Gasteiger partial charge in [-0.15, -0.1) is 0 Å². The zero-order valence-electron chi connectivity index (χ0n) is 60.3. The van der Waals surface area contributed by atoms with E-state index in [1.807, 2.05) is 6.92 Å². The van der Waals surface area contributed by atoms with Crippen LogP contribution in [0.4, 0.5) is 0 Å². The fourth-order valence-electron chi connectivity index (χ4n) is 20.2. The van der Waals surface area contributed by atoms with Crippen molar-refractivity contribution in [3.63, 3.8) is 0 Å². The SMILES string of the molecule is C[C@@H]1O[C@@H](O[C@H]2[C@H](O)[C@@H](O)[C@H](OC[C@H]3O[C@@H](OC(=O)[C@]45CCC(C)(C)C[C@H]4C4=CC[C@@H]6[C@@]7(C)CC[C@H](O[C@@H]8OC[C@H](O[C@@H]9O[C@H](CO)[C@@H](O)[C@H](O)[C@H]9O)[C@H](O)[C@H]8O[C@@H]8O[C@@H](C)[C@H](O)[C@@H](O[C@@H]9OC[C@@H](O)[C@@H](O)[C@H]9O)[C@H]8O)[C@@](C)(CO)[C@@H]7CC[C@@]6(C)[C@]4(C)CC5)[C@H](O)[C@@H](O)[C@@H]3O)O[C@@H]2CO)[C@H](O)[C@H](O)[C@H]1O. The molecular weight excluding hydrogens is 1400 g/mol. The third kappa shape index (κ3) is 14.5. The summed E-state index contributed by atoms with van der Waals surface area (Å²) >= 11 is 0. The highest BCUT2D eigenvalue weighted by Gasteiger charge is 2.71. The van der Waals surface area contributed by atoms with Crippen molar-refractivity contribution < 1.29 is 173 Å². The Balaban J connectivity index is 0.750. The Morgan fingerprint density at radius 2 is 1.02 bits per heavy atom. The molecule has 7 aliphatic heterocycles. The Morgan fingerprint density at radius 3 is 1.69 bits per heavy atom. The Bertz CT molecular complexity index is 2970. The lowest BCUT2D eigenvalue weighted by Gasteiger charge is -2.71. The number of carbonyl (C=O) groups excluding carboxylic acids is 1. The second-order valence-corrected chi connectivity index (χ2v) is 33.6. The fraction of sp³-hybridized carbons (Fsp3) is 0.957. The highest BCUT2D eigenvalue weighted by Crippen LogP contribution is 2.76. The lowest BCUT2D eigenvalue weighted by molar-refractivity contribution is -0.389. The van der Waals surface area contributed by atoms with Crippen molar-refractivity contribution in [2.24, 2.45) is 50.2 Å². The Hall–Kier alpha value is -2.11. The number of esters is 1. The number of allylic oxidation sites excluding steroid dienone is 2. The summed E-state index contributed by atoms with van der Waals surface area (Å²) in [5.74, 6) is -1.26. The van der Waals surface area contributed by atoms with E-state index in [4.69, 9.17) is 66.3 Å². The van der Waals surface area contributed by atoms with Crippen LogP contribution in [0.1, 0.15) is 120 Å². The number of ether oxygens (including phenoxy) is 14. The van der Waals surface area contributed by atoms with E-state index in [0.717, 1.165) is 5.57 Å². The van der Waals surface area contributed by atoms with E-state index in [2.05, 4.69) is 40.7 Å². The maximum atomic E-state index is 15.4. The Morgan fingerprint density at radius 1 is 0.467 bits per heavy atom. The molecule has 5 aliphatic carbocycles. The van der Waals surface area contributed by atoms with Crippen LogP contribution in [0.25, 0.3) is 0 Å². The van der Waals surface area contributed by atoms with Gasteiger partial charge in [-0.2, -0.15) is 0 Å². The van der Waals surface area contributed by atoms with Crippen molar-refractivity contribution in [3.8, 4) is 0 Å². The molecular formula is C70H114O35. The van der Waals surface area contributed by atoms with Crippen LogP contribution in [0.3, 0.4) is 0 Å². The van der Waals surface area contributed by atoms with Crippen LogP contribution in [-0.2, 0) is 71.1 Å². The predicted octanol–water partition coefficient (Wildman–Crippen LogP) is -6.26. The molecule has 7 saturated heterocycles. The molecule has 0 aromatic heterocycles. The van der Waals surface area contributed by atoms with Gasteiger partial charge in [0.1, 0.15) is 146 Å². The van der Waals surface area contributed by atoms with Gasteiger partial charge in [-0.1, -0.05) is 53.2 Å². The van der Waals surface area contributed by atoms with E-state index in [1.165, 1.54) is 13.8 Å². The standard InChI is InChI=1S/C70H114O35/c1-26-38(75)44(81)49(86)59(95-26)102-54-32(21-72)98-57(52(89)47(54)84)93-23-33-42(79)46(83)51(88)61(99-33)105-64(91)70-17-15-65(3,4)19-29(70)28-9-10-36-66(5)13-12-37(67(6,25-73)35(66)11-14-69(36,8)68(28,7)16-18-70)101-63-56(43(80)34(24-94-63)100-60-50(87)45(82)41(78)31(20-71)97-60)104-62-53(90)55(39(76)27(2)96-62)103-58-48(85)40(77)30(74)22-92-58/h9,26-27,29-63,71-90H,10-25H2,1-8H3/t26-,27-,29-,30+,31+,32+,33+,34-,35+,36+,37-,38-,39-,40+,41+,42+,43-,44+,45-,46-,47+,48+,49+,50+,51+,52+,53+,54+,55+,56+,57+,58-,59-,60-,61-,62-,63-,66-,67-,68+,69+,70-/m0/s1. The molecule has 105 heavy (non-hydrogen) atoms. The second kappa shape index (κ2) is 31.3. The van der Waals surface area contributed by atoms with Gasteiger partial charge in [0.25, 0.3) is 0 Å².